The van der Waals surface area contributed by atoms with Gasteiger partial charge in [0.1, 0.15) is 18.2 Å². The van der Waals surface area contributed by atoms with Crippen molar-refractivity contribution in [3.8, 4) is 5.88 Å². The minimum Gasteiger partial charge on any atom is -0.473 e. The standard InChI is InChI=1S/C12H18N4O2/c1-2-13-8-10(1)18-12-7-11(14-9-15-12)16-3-5-17-6-4-16/h7,9-10,13H,1-6,8H2/t10-/m0/s1. The maximum absolute atomic E-state index is 5.84. The Morgan fingerprint density at radius 1 is 1.33 bits per heavy atom. The van der Waals surface area contributed by atoms with Crippen LogP contribution in [0.15, 0.2) is 12.4 Å². The summed E-state index contributed by atoms with van der Waals surface area (Å²) in [6.45, 7) is 5.19. The van der Waals surface area contributed by atoms with Crippen molar-refractivity contribution in [3.05, 3.63) is 12.4 Å². The molecule has 18 heavy (non-hydrogen) atoms. The van der Waals surface area contributed by atoms with Gasteiger partial charge < -0.3 is 19.7 Å². The van der Waals surface area contributed by atoms with Crippen LogP contribution in [0, 0.1) is 0 Å². The highest BCUT2D eigenvalue weighted by Crippen LogP contribution is 2.18. The molecular formula is C12H18N4O2. The van der Waals surface area contributed by atoms with E-state index in [2.05, 4.69) is 20.2 Å². The minimum atomic E-state index is 0.234. The number of morpholine rings is 1. The molecule has 0 amide bonds. The molecule has 0 aromatic carbocycles. The van der Waals surface area contributed by atoms with E-state index in [9.17, 15) is 0 Å². The Kier molecular flexibility index (Phi) is 3.56. The number of ether oxygens (including phenoxy) is 2. The Labute approximate surface area is 106 Å². The molecule has 2 fully saturated rings. The maximum Gasteiger partial charge on any atom is 0.218 e. The van der Waals surface area contributed by atoms with Gasteiger partial charge in [0, 0.05) is 25.7 Å². The highest BCUT2D eigenvalue weighted by Gasteiger charge is 2.18. The Morgan fingerprint density at radius 3 is 3.00 bits per heavy atom. The minimum absolute atomic E-state index is 0.234. The lowest BCUT2D eigenvalue weighted by atomic mass is 10.3. The Hall–Kier alpha value is -1.40. The van der Waals surface area contributed by atoms with E-state index in [-0.39, 0.29) is 6.10 Å². The van der Waals surface area contributed by atoms with Crippen molar-refractivity contribution in [1.82, 2.24) is 15.3 Å². The van der Waals surface area contributed by atoms with Crippen LogP contribution in [0.5, 0.6) is 5.88 Å². The van der Waals surface area contributed by atoms with Gasteiger partial charge in [0.15, 0.2) is 0 Å². The number of aromatic nitrogens is 2. The van der Waals surface area contributed by atoms with Gasteiger partial charge in [0.25, 0.3) is 0 Å². The molecule has 1 N–H and O–H groups in total. The molecule has 6 nitrogen and oxygen atoms in total. The van der Waals surface area contributed by atoms with Gasteiger partial charge >= 0.3 is 0 Å². The zero-order valence-electron chi connectivity index (χ0n) is 10.3. The molecule has 2 aliphatic rings. The van der Waals surface area contributed by atoms with Gasteiger partial charge in [0.05, 0.1) is 13.2 Å². The second-order valence-corrected chi connectivity index (χ2v) is 4.55. The van der Waals surface area contributed by atoms with Gasteiger partial charge in [0.2, 0.25) is 5.88 Å². The normalized spacial score (nSPS) is 24.2. The molecule has 98 valence electrons. The molecule has 6 heteroatoms. The molecule has 0 radical (unpaired) electrons. The molecule has 0 unspecified atom stereocenters. The summed E-state index contributed by atoms with van der Waals surface area (Å²) in [6, 6.07) is 1.92. The van der Waals surface area contributed by atoms with Crippen molar-refractivity contribution in [2.24, 2.45) is 0 Å². The first-order chi connectivity index (χ1) is 8.92. The van der Waals surface area contributed by atoms with Crippen LogP contribution in [-0.2, 0) is 4.74 Å². The number of hydrogen-bond donors (Lipinski definition) is 1. The predicted octanol–water partition coefficient (Wildman–Crippen LogP) is 0.0539. The Balaban J connectivity index is 1.67. The molecule has 0 aliphatic carbocycles. The van der Waals surface area contributed by atoms with Gasteiger partial charge in [-0.05, 0) is 13.0 Å². The van der Waals surface area contributed by atoms with E-state index in [1.807, 2.05) is 6.07 Å². The zero-order chi connectivity index (χ0) is 12.2. The largest absolute Gasteiger partial charge is 0.473 e. The van der Waals surface area contributed by atoms with Crippen LogP contribution in [0.1, 0.15) is 6.42 Å². The molecular weight excluding hydrogens is 232 g/mol. The summed E-state index contributed by atoms with van der Waals surface area (Å²) >= 11 is 0. The Bertz CT molecular complexity index is 389. The van der Waals surface area contributed by atoms with Crippen molar-refractivity contribution in [3.63, 3.8) is 0 Å². The fraction of sp³-hybridized carbons (Fsp3) is 0.667. The second-order valence-electron chi connectivity index (χ2n) is 4.55. The van der Waals surface area contributed by atoms with Crippen molar-refractivity contribution >= 4 is 5.82 Å². The first kappa shape index (κ1) is 11.7. The zero-order valence-corrected chi connectivity index (χ0v) is 10.3. The van der Waals surface area contributed by atoms with Gasteiger partial charge in [-0.1, -0.05) is 0 Å². The number of nitrogens with zero attached hydrogens (tertiary/aromatic N) is 3. The summed E-state index contributed by atoms with van der Waals surface area (Å²) in [6.07, 6.45) is 2.84. The third kappa shape index (κ3) is 2.70. The van der Waals surface area contributed by atoms with E-state index in [1.54, 1.807) is 6.33 Å². The molecule has 0 spiro atoms. The van der Waals surface area contributed by atoms with Crippen molar-refractivity contribution in [2.75, 3.05) is 44.3 Å². The van der Waals surface area contributed by atoms with Crippen LogP contribution in [0.4, 0.5) is 5.82 Å². The van der Waals surface area contributed by atoms with Gasteiger partial charge in [-0.2, -0.15) is 0 Å². The van der Waals surface area contributed by atoms with Crippen molar-refractivity contribution in [2.45, 2.75) is 12.5 Å². The van der Waals surface area contributed by atoms with E-state index in [1.165, 1.54) is 0 Å². The summed E-state index contributed by atoms with van der Waals surface area (Å²) in [4.78, 5) is 10.7. The average Bonchev–Trinajstić information content (AvgIpc) is 2.93. The molecule has 2 saturated heterocycles. The lowest BCUT2D eigenvalue weighted by molar-refractivity contribution is 0.122. The third-order valence-corrected chi connectivity index (χ3v) is 3.27. The number of anilines is 1. The van der Waals surface area contributed by atoms with Gasteiger partial charge in [-0.25, -0.2) is 9.97 Å². The molecule has 1 aromatic rings. The topological polar surface area (TPSA) is 59.5 Å². The number of nitrogens with one attached hydrogen (secondary N) is 1. The van der Waals surface area contributed by atoms with E-state index < -0.39 is 0 Å². The fourth-order valence-corrected chi connectivity index (χ4v) is 2.26. The van der Waals surface area contributed by atoms with E-state index in [0.29, 0.717) is 5.88 Å². The molecule has 0 saturated carbocycles. The predicted molar refractivity (Wildman–Crippen MR) is 67.0 cm³/mol. The second kappa shape index (κ2) is 5.49. The fourth-order valence-electron chi connectivity index (χ4n) is 2.26. The summed E-state index contributed by atoms with van der Waals surface area (Å²) < 4.78 is 11.2. The SMILES string of the molecule is c1nc(O[C@H]2CCNC2)cc(N2CCOCC2)n1. The van der Waals surface area contributed by atoms with Crippen LogP contribution >= 0.6 is 0 Å². The van der Waals surface area contributed by atoms with Crippen LogP contribution in [0.2, 0.25) is 0 Å². The van der Waals surface area contributed by atoms with Crippen LogP contribution in [-0.4, -0.2) is 55.5 Å². The van der Waals surface area contributed by atoms with Crippen LogP contribution in [0.25, 0.3) is 0 Å². The number of rotatable bonds is 3. The Morgan fingerprint density at radius 2 is 2.22 bits per heavy atom. The highest BCUT2D eigenvalue weighted by atomic mass is 16.5. The van der Waals surface area contributed by atoms with Gasteiger partial charge in [-0.3, -0.25) is 0 Å². The molecule has 3 heterocycles. The smallest absolute Gasteiger partial charge is 0.218 e. The molecule has 1 aromatic heterocycles. The summed E-state index contributed by atoms with van der Waals surface area (Å²) in [5.41, 5.74) is 0. The monoisotopic (exact) mass is 250 g/mol. The van der Waals surface area contributed by atoms with Crippen molar-refractivity contribution in [1.29, 1.82) is 0 Å². The molecule has 2 aliphatic heterocycles. The molecule has 1 atom stereocenters. The summed E-state index contributed by atoms with van der Waals surface area (Å²) in [5.74, 6) is 1.59. The average molecular weight is 250 g/mol. The maximum atomic E-state index is 5.84. The highest BCUT2D eigenvalue weighted by molar-refractivity contribution is 5.41. The van der Waals surface area contributed by atoms with Crippen LogP contribution < -0.4 is 15.0 Å². The van der Waals surface area contributed by atoms with Crippen molar-refractivity contribution < 1.29 is 9.47 Å². The van der Waals surface area contributed by atoms with Crippen LogP contribution in [0.3, 0.4) is 0 Å². The summed E-state index contributed by atoms with van der Waals surface area (Å²) in [7, 11) is 0. The van der Waals surface area contributed by atoms with E-state index in [4.69, 9.17) is 9.47 Å². The number of hydrogen-bond acceptors (Lipinski definition) is 6. The lowest BCUT2D eigenvalue weighted by Crippen LogP contribution is -2.36. The molecule has 3 rings (SSSR count). The first-order valence-electron chi connectivity index (χ1n) is 6.44. The quantitative estimate of drug-likeness (QED) is 0.818. The first-order valence-corrected chi connectivity index (χ1v) is 6.44. The third-order valence-electron chi connectivity index (χ3n) is 3.27. The van der Waals surface area contributed by atoms with E-state index >= 15 is 0 Å². The van der Waals surface area contributed by atoms with Gasteiger partial charge in [-0.15, -0.1) is 0 Å². The van der Waals surface area contributed by atoms with E-state index in [0.717, 1.165) is 51.6 Å². The molecule has 0 bridgehead atoms. The summed E-state index contributed by atoms with van der Waals surface area (Å²) in [5, 5.41) is 3.28. The lowest BCUT2D eigenvalue weighted by Gasteiger charge is -2.27.